The summed E-state index contributed by atoms with van der Waals surface area (Å²) in [6.45, 7) is 7.98. The second kappa shape index (κ2) is 11.8. The van der Waals surface area contributed by atoms with Crippen molar-refractivity contribution in [1.29, 1.82) is 0 Å². The van der Waals surface area contributed by atoms with Crippen LogP contribution in [0.2, 0.25) is 0 Å². The molecule has 5 heteroatoms. The maximum absolute atomic E-state index is 11.3. The number of carbonyl (C=O) groups is 1. The molecule has 0 aromatic heterocycles. The van der Waals surface area contributed by atoms with Crippen molar-refractivity contribution in [2.45, 2.75) is 20.3 Å². The van der Waals surface area contributed by atoms with Crippen molar-refractivity contribution in [1.82, 2.24) is 10.6 Å². The maximum atomic E-state index is 11.3. The predicted molar refractivity (Wildman–Crippen MR) is 68.0 cm³/mol. The average molecular weight is 246 g/mol. The van der Waals surface area contributed by atoms with Crippen molar-refractivity contribution in [2.75, 3.05) is 46.6 Å². The van der Waals surface area contributed by atoms with E-state index in [1.54, 1.807) is 0 Å². The van der Waals surface area contributed by atoms with Crippen molar-refractivity contribution in [3.05, 3.63) is 0 Å². The van der Waals surface area contributed by atoms with E-state index in [2.05, 4.69) is 24.5 Å². The standard InChI is InChI=1S/C12H26N2O3/c1-11(2)10-14-12(15)4-6-16-8-9-17-7-5-13-3/h11,13H,4-10H2,1-3H3,(H,14,15). The van der Waals surface area contributed by atoms with Crippen molar-refractivity contribution < 1.29 is 14.3 Å². The Morgan fingerprint density at radius 3 is 2.35 bits per heavy atom. The third-order valence-corrected chi connectivity index (χ3v) is 2.05. The van der Waals surface area contributed by atoms with Gasteiger partial charge in [0.15, 0.2) is 0 Å². The van der Waals surface area contributed by atoms with Crippen LogP contribution >= 0.6 is 0 Å². The smallest absolute Gasteiger partial charge is 0.222 e. The molecule has 0 rings (SSSR count). The number of ether oxygens (including phenoxy) is 2. The molecule has 0 heterocycles. The van der Waals surface area contributed by atoms with Crippen LogP contribution in [-0.2, 0) is 14.3 Å². The molecule has 0 aromatic rings. The molecule has 2 N–H and O–H groups in total. The monoisotopic (exact) mass is 246 g/mol. The van der Waals surface area contributed by atoms with Crippen LogP contribution in [-0.4, -0.2) is 52.5 Å². The van der Waals surface area contributed by atoms with Gasteiger partial charge in [-0.05, 0) is 13.0 Å². The van der Waals surface area contributed by atoms with Gasteiger partial charge in [-0.1, -0.05) is 13.8 Å². The molecule has 5 nitrogen and oxygen atoms in total. The topological polar surface area (TPSA) is 59.6 Å². The van der Waals surface area contributed by atoms with Crippen molar-refractivity contribution in [2.24, 2.45) is 5.92 Å². The summed E-state index contributed by atoms with van der Waals surface area (Å²) in [6, 6.07) is 0. The molecule has 102 valence electrons. The molecule has 0 unspecified atom stereocenters. The van der Waals surface area contributed by atoms with Crippen LogP contribution in [0.5, 0.6) is 0 Å². The van der Waals surface area contributed by atoms with Gasteiger partial charge in [0.2, 0.25) is 5.91 Å². The highest BCUT2D eigenvalue weighted by Gasteiger charge is 2.01. The Hall–Kier alpha value is -0.650. The van der Waals surface area contributed by atoms with Gasteiger partial charge >= 0.3 is 0 Å². The summed E-state index contributed by atoms with van der Waals surface area (Å²) in [5.41, 5.74) is 0. The third kappa shape index (κ3) is 13.3. The van der Waals surface area contributed by atoms with E-state index in [-0.39, 0.29) is 5.91 Å². The van der Waals surface area contributed by atoms with Gasteiger partial charge in [0.05, 0.1) is 26.4 Å². The largest absolute Gasteiger partial charge is 0.379 e. The Balaban J connectivity index is 3.14. The molecule has 0 saturated heterocycles. The lowest BCUT2D eigenvalue weighted by Gasteiger charge is -2.08. The van der Waals surface area contributed by atoms with E-state index < -0.39 is 0 Å². The Bertz CT molecular complexity index is 187. The number of rotatable bonds is 11. The fraction of sp³-hybridized carbons (Fsp3) is 0.917. The lowest BCUT2D eigenvalue weighted by Crippen LogP contribution is -2.28. The molecule has 0 atom stereocenters. The van der Waals surface area contributed by atoms with Gasteiger partial charge in [-0.15, -0.1) is 0 Å². The zero-order chi connectivity index (χ0) is 12.9. The molecule has 0 aliphatic rings. The van der Waals surface area contributed by atoms with Gasteiger partial charge in [-0.2, -0.15) is 0 Å². The van der Waals surface area contributed by atoms with Gasteiger partial charge in [0, 0.05) is 19.5 Å². The van der Waals surface area contributed by atoms with E-state index in [1.165, 1.54) is 0 Å². The molecule has 0 bridgehead atoms. The van der Waals surface area contributed by atoms with Crippen LogP contribution < -0.4 is 10.6 Å². The molecule has 0 radical (unpaired) electrons. The number of hydrogen-bond acceptors (Lipinski definition) is 4. The summed E-state index contributed by atoms with van der Waals surface area (Å²) >= 11 is 0. The Labute approximate surface area is 104 Å². The molecule has 0 spiro atoms. The first-order valence-electron chi connectivity index (χ1n) is 6.23. The third-order valence-electron chi connectivity index (χ3n) is 2.05. The molecule has 0 aliphatic heterocycles. The zero-order valence-electron chi connectivity index (χ0n) is 11.3. The fourth-order valence-corrected chi connectivity index (χ4v) is 1.07. The lowest BCUT2D eigenvalue weighted by molar-refractivity contribution is -0.122. The van der Waals surface area contributed by atoms with Crippen LogP contribution in [0.15, 0.2) is 0 Å². The molecule has 0 aliphatic carbocycles. The first-order chi connectivity index (χ1) is 8.16. The fourth-order valence-electron chi connectivity index (χ4n) is 1.07. The van der Waals surface area contributed by atoms with E-state index in [0.29, 0.717) is 38.8 Å². The summed E-state index contributed by atoms with van der Waals surface area (Å²) in [7, 11) is 1.88. The highest BCUT2D eigenvalue weighted by Crippen LogP contribution is 1.89. The first kappa shape index (κ1) is 16.4. The van der Waals surface area contributed by atoms with Gasteiger partial charge in [0.25, 0.3) is 0 Å². The van der Waals surface area contributed by atoms with Crippen molar-refractivity contribution >= 4 is 5.91 Å². The quantitative estimate of drug-likeness (QED) is 0.518. The number of carbonyl (C=O) groups excluding carboxylic acids is 1. The van der Waals surface area contributed by atoms with E-state index >= 15 is 0 Å². The summed E-state index contributed by atoms with van der Waals surface area (Å²) in [6.07, 6.45) is 0.420. The molecule has 1 amide bonds. The summed E-state index contributed by atoms with van der Waals surface area (Å²) < 4.78 is 10.6. The Morgan fingerprint density at radius 2 is 1.76 bits per heavy atom. The molecule has 17 heavy (non-hydrogen) atoms. The van der Waals surface area contributed by atoms with Crippen molar-refractivity contribution in [3.8, 4) is 0 Å². The number of nitrogens with one attached hydrogen (secondary N) is 2. The van der Waals surface area contributed by atoms with Crippen LogP contribution in [0.4, 0.5) is 0 Å². The summed E-state index contributed by atoms with van der Waals surface area (Å²) in [5.74, 6) is 0.537. The van der Waals surface area contributed by atoms with Crippen molar-refractivity contribution in [3.63, 3.8) is 0 Å². The van der Waals surface area contributed by atoms with Crippen LogP contribution in [0.25, 0.3) is 0 Å². The number of hydrogen-bond donors (Lipinski definition) is 2. The first-order valence-corrected chi connectivity index (χ1v) is 6.23. The van der Waals surface area contributed by atoms with Crippen LogP contribution in [0.3, 0.4) is 0 Å². The SMILES string of the molecule is CNCCOCCOCCC(=O)NCC(C)C. The Kier molecular flexibility index (Phi) is 11.4. The minimum Gasteiger partial charge on any atom is -0.379 e. The second-order valence-corrected chi connectivity index (χ2v) is 4.28. The van der Waals surface area contributed by atoms with Gasteiger partial charge < -0.3 is 20.1 Å². The summed E-state index contributed by atoms with van der Waals surface area (Å²) in [4.78, 5) is 11.3. The second-order valence-electron chi connectivity index (χ2n) is 4.28. The molecule has 0 aromatic carbocycles. The summed E-state index contributed by atoms with van der Waals surface area (Å²) in [5, 5.41) is 5.83. The highest BCUT2D eigenvalue weighted by molar-refractivity contribution is 5.75. The van der Waals surface area contributed by atoms with Crippen LogP contribution in [0, 0.1) is 5.92 Å². The number of amides is 1. The van der Waals surface area contributed by atoms with Gasteiger partial charge in [-0.3, -0.25) is 4.79 Å². The lowest BCUT2D eigenvalue weighted by atomic mass is 10.2. The normalized spacial score (nSPS) is 10.8. The number of likely N-dealkylation sites (N-methyl/N-ethyl adjacent to an activating group) is 1. The molecule has 0 saturated carbocycles. The minimum absolute atomic E-state index is 0.0507. The Morgan fingerprint density at radius 1 is 1.12 bits per heavy atom. The van der Waals surface area contributed by atoms with E-state index in [1.807, 2.05) is 7.05 Å². The zero-order valence-corrected chi connectivity index (χ0v) is 11.3. The minimum atomic E-state index is 0.0507. The predicted octanol–water partition coefficient (Wildman–Crippen LogP) is 0.401. The van der Waals surface area contributed by atoms with E-state index in [0.717, 1.165) is 13.1 Å². The van der Waals surface area contributed by atoms with Crippen LogP contribution in [0.1, 0.15) is 20.3 Å². The molecule has 0 fully saturated rings. The molecular weight excluding hydrogens is 220 g/mol. The van der Waals surface area contributed by atoms with Gasteiger partial charge in [0.1, 0.15) is 0 Å². The van der Waals surface area contributed by atoms with Gasteiger partial charge in [-0.25, -0.2) is 0 Å². The average Bonchev–Trinajstić information content (AvgIpc) is 2.30. The van der Waals surface area contributed by atoms with E-state index in [9.17, 15) is 4.79 Å². The highest BCUT2D eigenvalue weighted by atomic mass is 16.5. The van der Waals surface area contributed by atoms with E-state index in [4.69, 9.17) is 9.47 Å². The molecular formula is C12H26N2O3. The maximum Gasteiger partial charge on any atom is 0.222 e.